The molecule has 2 heterocycles. The summed E-state index contributed by atoms with van der Waals surface area (Å²) in [7, 11) is 0. The average molecular weight is 322 g/mol. The number of carbonyl (C=O) groups excluding carboxylic acids is 1. The zero-order chi connectivity index (χ0) is 16.8. The summed E-state index contributed by atoms with van der Waals surface area (Å²) >= 11 is 0. The molecule has 0 bridgehead atoms. The Labute approximate surface area is 139 Å². The van der Waals surface area contributed by atoms with Gasteiger partial charge in [-0.15, -0.1) is 0 Å². The lowest BCUT2D eigenvalue weighted by molar-refractivity contribution is 0.0914. The van der Waals surface area contributed by atoms with Crippen molar-refractivity contribution >= 4 is 5.91 Å². The van der Waals surface area contributed by atoms with Gasteiger partial charge in [0.25, 0.3) is 5.91 Å². The first-order valence-electron chi connectivity index (χ1n) is 7.66. The van der Waals surface area contributed by atoms with E-state index in [9.17, 15) is 9.90 Å². The van der Waals surface area contributed by atoms with Crippen LogP contribution >= 0.6 is 0 Å². The molecule has 3 aromatic rings. The highest BCUT2D eigenvalue weighted by molar-refractivity contribution is 5.94. The molecule has 0 spiro atoms. The van der Waals surface area contributed by atoms with E-state index in [-0.39, 0.29) is 12.5 Å². The molecule has 0 radical (unpaired) electrons. The number of hydrogen-bond donors (Lipinski definition) is 2. The minimum atomic E-state index is -0.831. The third-order valence-corrected chi connectivity index (χ3v) is 3.58. The van der Waals surface area contributed by atoms with Crippen LogP contribution in [0.3, 0.4) is 0 Å². The predicted octanol–water partition coefficient (Wildman–Crippen LogP) is 1.79. The number of rotatable bonds is 6. The van der Waals surface area contributed by atoms with Crippen molar-refractivity contribution < 1.29 is 9.90 Å². The number of hydrogen-bond acceptors (Lipinski definition) is 4. The molecule has 2 N–H and O–H groups in total. The predicted molar refractivity (Wildman–Crippen MR) is 89.3 cm³/mol. The second-order valence-electron chi connectivity index (χ2n) is 5.38. The molecule has 122 valence electrons. The average Bonchev–Trinajstić information content (AvgIpc) is 3.13. The summed E-state index contributed by atoms with van der Waals surface area (Å²) in [5.41, 5.74) is 2.06. The van der Waals surface area contributed by atoms with E-state index >= 15 is 0 Å². The zero-order valence-electron chi connectivity index (χ0n) is 13.0. The number of benzene rings is 1. The van der Waals surface area contributed by atoms with Crippen molar-refractivity contribution in [3.8, 4) is 0 Å². The molecule has 0 saturated carbocycles. The van der Waals surface area contributed by atoms with Crippen LogP contribution in [0, 0.1) is 0 Å². The number of pyridine rings is 1. The number of aliphatic hydroxyl groups is 1. The summed E-state index contributed by atoms with van der Waals surface area (Å²) in [6.45, 7) is 0.712. The van der Waals surface area contributed by atoms with Gasteiger partial charge in [0, 0.05) is 30.7 Å². The molecular weight excluding hydrogens is 304 g/mol. The molecule has 2 aromatic heterocycles. The maximum atomic E-state index is 12.3. The van der Waals surface area contributed by atoms with Crippen molar-refractivity contribution in [2.24, 2.45) is 0 Å². The van der Waals surface area contributed by atoms with Crippen molar-refractivity contribution in [2.45, 2.75) is 12.6 Å². The second-order valence-corrected chi connectivity index (χ2v) is 5.38. The Balaban J connectivity index is 1.60. The minimum Gasteiger partial charge on any atom is -0.385 e. The largest absolute Gasteiger partial charge is 0.385 e. The molecule has 0 aliphatic carbocycles. The summed E-state index contributed by atoms with van der Waals surface area (Å²) in [5.74, 6) is -0.229. The third-order valence-electron chi connectivity index (χ3n) is 3.58. The molecule has 24 heavy (non-hydrogen) atoms. The number of carbonyl (C=O) groups is 1. The van der Waals surface area contributed by atoms with Gasteiger partial charge >= 0.3 is 0 Å². The van der Waals surface area contributed by atoms with Crippen molar-refractivity contribution in [3.05, 3.63) is 83.9 Å². The van der Waals surface area contributed by atoms with E-state index in [0.29, 0.717) is 17.8 Å². The Morgan fingerprint density at radius 2 is 2.08 bits per heavy atom. The minimum absolute atomic E-state index is 0.110. The van der Waals surface area contributed by atoms with Crippen molar-refractivity contribution in [2.75, 3.05) is 6.54 Å². The first kappa shape index (κ1) is 15.9. The van der Waals surface area contributed by atoms with Crippen molar-refractivity contribution in [1.29, 1.82) is 0 Å². The van der Waals surface area contributed by atoms with E-state index < -0.39 is 6.10 Å². The smallest absolute Gasteiger partial charge is 0.251 e. The van der Waals surface area contributed by atoms with Gasteiger partial charge in [-0.05, 0) is 35.9 Å². The van der Waals surface area contributed by atoms with Crippen LogP contribution in [0.15, 0.2) is 67.1 Å². The van der Waals surface area contributed by atoms with E-state index in [1.165, 1.54) is 0 Å². The Bertz CT molecular complexity index is 788. The summed E-state index contributed by atoms with van der Waals surface area (Å²) in [4.78, 5) is 16.3. The van der Waals surface area contributed by atoms with Crippen LogP contribution in [-0.4, -0.2) is 32.3 Å². The normalized spacial score (nSPS) is 11.9. The van der Waals surface area contributed by atoms with E-state index in [1.807, 2.05) is 30.5 Å². The lowest BCUT2D eigenvalue weighted by atomic mass is 10.1. The van der Waals surface area contributed by atoms with Crippen LogP contribution < -0.4 is 5.32 Å². The Morgan fingerprint density at radius 3 is 2.83 bits per heavy atom. The quantitative estimate of drug-likeness (QED) is 0.725. The molecule has 0 aliphatic heterocycles. The lowest BCUT2D eigenvalue weighted by Gasteiger charge is -2.12. The Hall–Kier alpha value is -2.99. The number of amides is 1. The molecule has 0 aliphatic rings. The van der Waals surface area contributed by atoms with Crippen molar-refractivity contribution in [3.63, 3.8) is 0 Å². The molecule has 1 aromatic carbocycles. The molecule has 3 rings (SSSR count). The fraction of sp³-hybridized carbons (Fsp3) is 0.167. The molecule has 0 saturated heterocycles. The molecule has 6 heteroatoms. The number of nitrogens with one attached hydrogen (secondary N) is 1. The number of nitrogens with zero attached hydrogens (tertiary/aromatic N) is 3. The van der Waals surface area contributed by atoms with Gasteiger partial charge in [-0.25, -0.2) is 0 Å². The number of aliphatic hydroxyl groups excluding tert-OH is 1. The molecule has 6 nitrogen and oxygen atoms in total. The van der Waals surface area contributed by atoms with Crippen LogP contribution in [0.1, 0.15) is 27.7 Å². The first-order valence-corrected chi connectivity index (χ1v) is 7.66. The topological polar surface area (TPSA) is 80.0 Å². The summed E-state index contributed by atoms with van der Waals surface area (Å²) in [6, 6.07) is 14.5. The van der Waals surface area contributed by atoms with Gasteiger partial charge in [0.1, 0.15) is 6.10 Å². The number of aromatic nitrogens is 3. The molecule has 1 amide bonds. The van der Waals surface area contributed by atoms with Gasteiger partial charge in [0.2, 0.25) is 0 Å². The van der Waals surface area contributed by atoms with E-state index in [2.05, 4.69) is 15.4 Å². The van der Waals surface area contributed by atoms with Gasteiger partial charge < -0.3 is 10.4 Å². The highest BCUT2D eigenvalue weighted by Gasteiger charge is 2.12. The highest BCUT2D eigenvalue weighted by Crippen LogP contribution is 2.10. The lowest BCUT2D eigenvalue weighted by Crippen LogP contribution is -2.28. The zero-order valence-corrected chi connectivity index (χ0v) is 13.0. The standard InChI is InChI=1S/C18H18N4O2/c23-17(16-7-1-2-8-19-16)12-20-18(24)15-6-3-5-14(11-15)13-22-10-4-9-21-22/h1-11,17,23H,12-13H2,(H,20,24)/t17-/m0/s1. The first-order chi connectivity index (χ1) is 11.7. The molecule has 0 fully saturated rings. The van der Waals surface area contributed by atoms with E-state index in [1.54, 1.807) is 41.3 Å². The van der Waals surface area contributed by atoms with Crippen LogP contribution in [0.5, 0.6) is 0 Å². The molecule has 0 unspecified atom stereocenters. The Kier molecular flexibility index (Phi) is 4.98. The maximum absolute atomic E-state index is 12.3. The fourth-order valence-electron chi connectivity index (χ4n) is 2.36. The summed E-state index contributed by atoms with van der Waals surface area (Å²) < 4.78 is 1.79. The second kappa shape index (κ2) is 7.52. The molecular formula is C18H18N4O2. The highest BCUT2D eigenvalue weighted by atomic mass is 16.3. The Morgan fingerprint density at radius 1 is 1.17 bits per heavy atom. The van der Waals surface area contributed by atoms with E-state index in [4.69, 9.17) is 0 Å². The van der Waals surface area contributed by atoms with Crippen LogP contribution in [0.2, 0.25) is 0 Å². The summed E-state index contributed by atoms with van der Waals surface area (Å²) in [5, 5.41) is 16.9. The van der Waals surface area contributed by atoms with E-state index in [0.717, 1.165) is 5.56 Å². The third kappa shape index (κ3) is 4.05. The van der Waals surface area contributed by atoms with Gasteiger partial charge in [-0.2, -0.15) is 5.10 Å². The van der Waals surface area contributed by atoms with Crippen LogP contribution in [0.25, 0.3) is 0 Å². The SMILES string of the molecule is O=C(NC[C@H](O)c1ccccn1)c1cccc(Cn2cccn2)c1. The van der Waals surface area contributed by atoms with Crippen LogP contribution in [-0.2, 0) is 6.54 Å². The van der Waals surface area contributed by atoms with Gasteiger partial charge in [-0.1, -0.05) is 18.2 Å². The van der Waals surface area contributed by atoms with Gasteiger partial charge in [0.05, 0.1) is 12.2 Å². The summed E-state index contributed by atoms with van der Waals surface area (Å²) in [6.07, 6.45) is 4.37. The van der Waals surface area contributed by atoms with Gasteiger partial charge in [-0.3, -0.25) is 14.5 Å². The van der Waals surface area contributed by atoms with Gasteiger partial charge in [0.15, 0.2) is 0 Å². The maximum Gasteiger partial charge on any atom is 0.251 e. The molecule has 1 atom stereocenters. The van der Waals surface area contributed by atoms with Crippen LogP contribution in [0.4, 0.5) is 0 Å². The monoisotopic (exact) mass is 322 g/mol. The fourth-order valence-corrected chi connectivity index (χ4v) is 2.36. The van der Waals surface area contributed by atoms with Crippen molar-refractivity contribution in [1.82, 2.24) is 20.1 Å².